The molecule has 42 heavy (non-hydrogen) atoms. The highest BCUT2D eigenvalue weighted by Gasteiger charge is 2.29. The fourth-order valence-corrected chi connectivity index (χ4v) is 4.04. The fourth-order valence-electron chi connectivity index (χ4n) is 4.04. The maximum absolute atomic E-state index is 12.6. The second-order valence-electron chi connectivity index (χ2n) is 11.3. The van der Waals surface area contributed by atoms with Gasteiger partial charge in [0, 0.05) is 35.5 Å². The van der Waals surface area contributed by atoms with Crippen molar-refractivity contribution in [2.24, 2.45) is 0 Å². The summed E-state index contributed by atoms with van der Waals surface area (Å²) >= 11 is 0. The van der Waals surface area contributed by atoms with Crippen molar-refractivity contribution in [1.82, 2.24) is 10.1 Å². The Morgan fingerprint density at radius 3 is 2.19 bits per heavy atom. The minimum Gasteiger partial charge on any atom is -0.748 e. The summed E-state index contributed by atoms with van der Waals surface area (Å²) in [5.74, 6) is 1.34. The number of rotatable bonds is 7. The van der Waals surface area contributed by atoms with Crippen molar-refractivity contribution in [1.29, 1.82) is 0 Å². The summed E-state index contributed by atoms with van der Waals surface area (Å²) in [6.07, 6.45) is 3.38. The Morgan fingerprint density at radius 2 is 1.69 bits per heavy atom. The number of hydrogen-bond acceptors (Lipinski definition) is 9. The van der Waals surface area contributed by atoms with Gasteiger partial charge in [-0.1, -0.05) is 25.9 Å². The maximum atomic E-state index is 12.6. The second-order valence-corrected chi connectivity index (χ2v) is 12.7. The molecule has 1 fully saturated rings. The number of nitrogens with one attached hydrogen (secondary N) is 4. The van der Waals surface area contributed by atoms with Crippen LogP contribution in [0.3, 0.4) is 0 Å². The van der Waals surface area contributed by atoms with E-state index in [1.165, 1.54) is 0 Å². The van der Waals surface area contributed by atoms with Gasteiger partial charge in [0.1, 0.15) is 23.7 Å². The number of benzene rings is 1. The van der Waals surface area contributed by atoms with Gasteiger partial charge in [0.25, 0.3) is 5.91 Å². The fraction of sp³-hybridized carbons (Fsp3) is 0.429. The summed E-state index contributed by atoms with van der Waals surface area (Å²) in [6.45, 7) is 12.5. The number of nitrogens with zero attached hydrogens (tertiary/aromatic N) is 2. The Bertz CT molecular complexity index is 1440. The Balaban J connectivity index is 0.000000892. The van der Waals surface area contributed by atoms with Gasteiger partial charge >= 0.3 is 6.03 Å². The van der Waals surface area contributed by atoms with Crippen LogP contribution < -0.4 is 25.6 Å². The molecule has 1 aromatic carbocycles. The van der Waals surface area contributed by atoms with Gasteiger partial charge in [0.05, 0.1) is 28.9 Å². The van der Waals surface area contributed by atoms with E-state index in [-0.39, 0.29) is 23.1 Å². The molecule has 2 aromatic heterocycles. The third-order valence-electron chi connectivity index (χ3n) is 6.26. The zero-order valence-electron chi connectivity index (χ0n) is 24.6. The normalized spacial score (nSPS) is 16.8. The van der Waals surface area contributed by atoms with Crippen LogP contribution in [0.15, 0.2) is 53.2 Å². The number of quaternary nitrogens is 1. The lowest BCUT2D eigenvalue weighted by Crippen LogP contribution is -3.13. The lowest BCUT2D eigenvalue weighted by Gasteiger charge is -2.17. The number of carbonyl (C=O) groups is 2. The predicted octanol–water partition coefficient (Wildman–Crippen LogP) is 2.87. The molecule has 13 nitrogen and oxygen atoms in total. The van der Waals surface area contributed by atoms with E-state index < -0.39 is 16.1 Å². The summed E-state index contributed by atoms with van der Waals surface area (Å²) in [4.78, 5) is 30.7. The first-order valence-electron chi connectivity index (χ1n) is 13.4. The summed E-state index contributed by atoms with van der Waals surface area (Å²) in [6, 6.07) is 12.0. The van der Waals surface area contributed by atoms with E-state index in [0.29, 0.717) is 41.0 Å². The molecule has 0 bridgehead atoms. The molecule has 3 heterocycles. The van der Waals surface area contributed by atoms with Crippen LogP contribution in [0.4, 0.5) is 22.0 Å². The van der Waals surface area contributed by atoms with Gasteiger partial charge in [-0.2, -0.15) is 0 Å². The van der Waals surface area contributed by atoms with Gasteiger partial charge in [-0.15, -0.1) is 0 Å². The van der Waals surface area contributed by atoms with Crippen molar-refractivity contribution < 1.29 is 36.7 Å². The summed E-state index contributed by atoms with van der Waals surface area (Å²) in [7, 11) is -3.92. The number of urea groups is 1. The predicted molar refractivity (Wildman–Crippen MR) is 157 cm³/mol. The molecule has 14 heteroatoms. The average molecular weight is 603 g/mol. The van der Waals surface area contributed by atoms with Gasteiger partial charge < -0.3 is 29.3 Å². The molecule has 0 saturated carbocycles. The van der Waals surface area contributed by atoms with Crippen LogP contribution in [0.25, 0.3) is 0 Å². The van der Waals surface area contributed by atoms with Crippen molar-refractivity contribution in [2.75, 3.05) is 35.3 Å². The zero-order chi connectivity index (χ0) is 31.1. The standard InChI is InChI=1S/C27H34N6O4.CH4O3S/c1-17(2)33-13-12-21(16-33)36-20-10-11-22(28-15-20)25(34)29-18-6-8-19(9-7-18)30-26(35)31-24-14-23(37-32-24)27(3,4)5;1-5(2,3)4/h6-11,14-15,17,21H,12-13,16H2,1-5H3,(H,29,34)(H2,30,31,32,35);1H3,(H,2,3,4)/t21-;/m1./s1. The SMILES string of the molecule is CC(C)[NH+]1CC[C@@H](Oc2ccc(C(=O)Nc3ccc(NC(=O)Nc4cc(C(C)(C)C)on4)cc3)nc2)C1.CS(=O)(=O)[O-]. The first kappa shape index (κ1) is 32.5. The number of hydrogen-bond donors (Lipinski definition) is 4. The number of anilines is 3. The van der Waals surface area contributed by atoms with Crippen molar-refractivity contribution in [3.63, 3.8) is 0 Å². The van der Waals surface area contributed by atoms with E-state index in [9.17, 15) is 9.59 Å². The molecule has 0 aliphatic carbocycles. The van der Waals surface area contributed by atoms with Crippen LogP contribution in [0.2, 0.25) is 0 Å². The number of pyridine rings is 1. The zero-order valence-corrected chi connectivity index (χ0v) is 25.4. The number of amides is 3. The van der Waals surface area contributed by atoms with Crippen molar-refractivity contribution in [2.45, 2.75) is 58.6 Å². The number of aromatic nitrogens is 2. The summed E-state index contributed by atoms with van der Waals surface area (Å²) < 4.78 is 38.5. The minimum atomic E-state index is -3.92. The van der Waals surface area contributed by atoms with Crippen LogP contribution in [0, 0.1) is 0 Å². The van der Waals surface area contributed by atoms with Gasteiger partial charge in [-0.25, -0.2) is 18.2 Å². The first-order chi connectivity index (χ1) is 19.6. The first-order valence-corrected chi connectivity index (χ1v) is 15.2. The molecule has 228 valence electrons. The van der Waals surface area contributed by atoms with Gasteiger partial charge in [-0.3, -0.25) is 10.1 Å². The molecule has 3 aromatic rings. The average Bonchev–Trinajstić information content (AvgIpc) is 3.55. The minimum absolute atomic E-state index is 0.171. The molecular weight excluding hydrogens is 564 g/mol. The molecule has 1 unspecified atom stereocenters. The van der Waals surface area contributed by atoms with Crippen LogP contribution in [-0.2, 0) is 15.5 Å². The number of likely N-dealkylation sites (tertiary alicyclic amines) is 1. The molecule has 1 aliphatic heterocycles. The van der Waals surface area contributed by atoms with E-state index in [1.54, 1.807) is 53.6 Å². The van der Waals surface area contributed by atoms with E-state index in [0.717, 1.165) is 19.5 Å². The molecular formula is C28H38N6O7S. The third-order valence-corrected chi connectivity index (χ3v) is 6.26. The van der Waals surface area contributed by atoms with Crippen molar-refractivity contribution >= 4 is 39.2 Å². The Kier molecular flexibility index (Phi) is 10.7. The summed E-state index contributed by atoms with van der Waals surface area (Å²) in [5, 5.41) is 12.0. The molecule has 2 atom stereocenters. The highest BCUT2D eigenvalue weighted by atomic mass is 32.2. The molecule has 1 aliphatic rings. The van der Waals surface area contributed by atoms with Crippen LogP contribution >= 0.6 is 0 Å². The maximum Gasteiger partial charge on any atom is 0.324 e. The highest BCUT2D eigenvalue weighted by Crippen LogP contribution is 2.24. The van der Waals surface area contributed by atoms with E-state index in [4.69, 9.17) is 22.2 Å². The van der Waals surface area contributed by atoms with Crippen LogP contribution in [0.5, 0.6) is 5.75 Å². The van der Waals surface area contributed by atoms with Gasteiger partial charge in [0.15, 0.2) is 11.9 Å². The number of ether oxygens (including phenoxy) is 1. The molecule has 0 spiro atoms. The quantitative estimate of drug-likeness (QED) is 0.296. The van der Waals surface area contributed by atoms with Crippen molar-refractivity contribution in [3.05, 3.63) is 60.1 Å². The van der Waals surface area contributed by atoms with Crippen LogP contribution in [-0.4, -0.2) is 66.5 Å². The monoisotopic (exact) mass is 602 g/mol. The Hall–Kier alpha value is -4.01. The molecule has 1 saturated heterocycles. The lowest BCUT2D eigenvalue weighted by atomic mass is 9.93. The third kappa shape index (κ3) is 10.8. The van der Waals surface area contributed by atoms with Crippen LogP contribution in [0.1, 0.15) is 57.3 Å². The molecule has 4 N–H and O–H groups in total. The Morgan fingerprint density at radius 1 is 1.07 bits per heavy atom. The van der Waals surface area contributed by atoms with Gasteiger partial charge in [-0.05, 0) is 50.2 Å². The highest BCUT2D eigenvalue weighted by molar-refractivity contribution is 7.84. The van der Waals surface area contributed by atoms with Gasteiger partial charge in [0.2, 0.25) is 0 Å². The topological polar surface area (TPSA) is 180 Å². The second kappa shape index (κ2) is 13.8. The number of carbonyl (C=O) groups excluding carboxylic acids is 2. The molecule has 4 rings (SSSR count). The molecule has 0 radical (unpaired) electrons. The van der Waals surface area contributed by atoms with E-state index >= 15 is 0 Å². The van der Waals surface area contributed by atoms with Crippen molar-refractivity contribution in [3.8, 4) is 5.75 Å². The molecule has 3 amide bonds. The summed E-state index contributed by atoms with van der Waals surface area (Å²) in [5.41, 5.74) is 1.21. The lowest BCUT2D eigenvalue weighted by molar-refractivity contribution is -0.910. The Labute approximate surface area is 245 Å². The largest absolute Gasteiger partial charge is 0.748 e. The smallest absolute Gasteiger partial charge is 0.324 e. The van der Waals surface area contributed by atoms with E-state index in [2.05, 4.69) is 39.9 Å². The van der Waals surface area contributed by atoms with E-state index in [1.807, 2.05) is 20.8 Å².